The molecule has 0 bridgehead atoms. The molecule has 0 aliphatic heterocycles. The topological polar surface area (TPSA) is 94.8 Å². The number of nitrogens with zero attached hydrogens (tertiary/aromatic N) is 3. The smallest absolute Gasteiger partial charge is 0.269 e. The molecule has 0 amide bonds. The van der Waals surface area contributed by atoms with Gasteiger partial charge in [0.1, 0.15) is 9.77 Å². The zero-order valence-corrected chi connectivity index (χ0v) is 19.5. The number of hydrogen-bond donors (Lipinski definition) is 0. The van der Waals surface area contributed by atoms with Gasteiger partial charge < -0.3 is 14.0 Å². The first-order chi connectivity index (χ1) is 15.3. The molecular formula is C22H21N3O5S2. The van der Waals surface area contributed by atoms with Crippen molar-refractivity contribution >= 4 is 27.0 Å². The van der Waals surface area contributed by atoms with Gasteiger partial charge in [0, 0.05) is 18.7 Å². The molecule has 0 radical (unpaired) electrons. The Bertz CT molecular complexity index is 1340. The summed E-state index contributed by atoms with van der Waals surface area (Å²) in [5.74, 6) is 1.48. The fourth-order valence-corrected chi connectivity index (χ4v) is 5.60. The van der Waals surface area contributed by atoms with Crippen molar-refractivity contribution in [3.05, 3.63) is 59.5 Å². The van der Waals surface area contributed by atoms with E-state index in [1.165, 1.54) is 43.0 Å². The zero-order valence-electron chi connectivity index (χ0n) is 17.9. The Morgan fingerprint density at radius 1 is 1.00 bits per heavy atom. The van der Waals surface area contributed by atoms with E-state index in [4.69, 9.17) is 14.0 Å². The first kappa shape index (κ1) is 21.8. The molecule has 0 aliphatic rings. The number of hydrogen-bond acceptors (Lipinski definition) is 8. The maximum atomic E-state index is 13.4. The van der Waals surface area contributed by atoms with Crippen LogP contribution in [0.5, 0.6) is 11.5 Å². The van der Waals surface area contributed by atoms with Gasteiger partial charge in [-0.2, -0.15) is 4.98 Å². The Hall–Kier alpha value is -3.37. The minimum atomic E-state index is -3.91. The van der Waals surface area contributed by atoms with Gasteiger partial charge in [0.2, 0.25) is 5.82 Å². The van der Waals surface area contributed by atoms with E-state index in [0.29, 0.717) is 27.9 Å². The fourth-order valence-electron chi connectivity index (χ4n) is 3.10. The minimum absolute atomic E-state index is 0.0823. The van der Waals surface area contributed by atoms with E-state index in [9.17, 15) is 8.42 Å². The maximum Gasteiger partial charge on any atom is 0.269 e. The average molecular weight is 472 g/mol. The number of aromatic nitrogens is 2. The number of sulfonamides is 1. The van der Waals surface area contributed by atoms with Gasteiger partial charge in [0.25, 0.3) is 15.9 Å². The summed E-state index contributed by atoms with van der Waals surface area (Å²) in [4.78, 5) is 4.88. The van der Waals surface area contributed by atoms with Crippen LogP contribution in [0.4, 0.5) is 5.69 Å². The van der Waals surface area contributed by atoms with Gasteiger partial charge in [0.05, 0.1) is 19.9 Å². The third-order valence-corrected chi connectivity index (χ3v) is 7.79. The Morgan fingerprint density at radius 3 is 2.41 bits per heavy atom. The molecule has 0 saturated carbocycles. The van der Waals surface area contributed by atoms with Gasteiger partial charge >= 0.3 is 0 Å². The normalized spacial score (nSPS) is 11.4. The molecule has 10 heteroatoms. The van der Waals surface area contributed by atoms with Crippen LogP contribution in [0.3, 0.4) is 0 Å². The van der Waals surface area contributed by atoms with E-state index >= 15 is 0 Å². The molecule has 0 unspecified atom stereocenters. The Balaban J connectivity index is 1.69. The van der Waals surface area contributed by atoms with Gasteiger partial charge in [-0.1, -0.05) is 35.0 Å². The van der Waals surface area contributed by atoms with Crippen LogP contribution in [0.1, 0.15) is 5.56 Å². The Kier molecular flexibility index (Phi) is 5.90. The number of methoxy groups -OCH3 is 2. The lowest BCUT2D eigenvalue weighted by Crippen LogP contribution is -2.26. The second-order valence-corrected chi connectivity index (χ2v) is 9.77. The molecule has 4 rings (SSSR count). The predicted octanol–water partition coefficient (Wildman–Crippen LogP) is 4.62. The largest absolute Gasteiger partial charge is 0.493 e. The number of anilines is 1. The van der Waals surface area contributed by atoms with Gasteiger partial charge in [-0.15, -0.1) is 11.3 Å². The van der Waals surface area contributed by atoms with Crippen molar-refractivity contribution in [2.45, 2.75) is 11.8 Å². The maximum absolute atomic E-state index is 13.4. The standard InChI is InChI=1S/C22H21N3O5S2/c1-14-5-7-15(8-6-14)21-23-22(30-24-21)20-19(11-12-31-20)32(26,27)25(2)16-9-10-17(28-3)18(13-16)29-4/h5-13H,1-4H3. The van der Waals surface area contributed by atoms with E-state index in [2.05, 4.69) is 10.1 Å². The number of thiophene rings is 1. The highest BCUT2D eigenvalue weighted by Gasteiger charge is 2.29. The molecule has 2 aromatic heterocycles. The van der Waals surface area contributed by atoms with Gasteiger partial charge in [-0.25, -0.2) is 8.42 Å². The van der Waals surface area contributed by atoms with Crippen LogP contribution >= 0.6 is 11.3 Å². The highest BCUT2D eigenvalue weighted by molar-refractivity contribution is 7.93. The van der Waals surface area contributed by atoms with Crippen molar-refractivity contribution in [3.63, 3.8) is 0 Å². The van der Waals surface area contributed by atoms with Crippen LogP contribution in [-0.4, -0.2) is 39.8 Å². The van der Waals surface area contributed by atoms with E-state index in [0.717, 1.165) is 11.1 Å². The molecule has 0 N–H and O–H groups in total. The molecule has 166 valence electrons. The Labute approximate surface area is 190 Å². The predicted molar refractivity (Wildman–Crippen MR) is 123 cm³/mol. The van der Waals surface area contributed by atoms with Crippen molar-refractivity contribution in [2.75, 3.05) is 25.6 Å². The molecule has 32 heavy (non-hydrogen) atoms. The SMILES string of the molecule is COc1ccc(N(C)S(=O)(=O)c2ccsc2-c2nc(-c3ccc(C)cc3)no2)cc1OC. The third kappa shape index (κ3) is 3.94. The molecule has 4 aromatic rings. The lowest BCUT2D eigenvalue weighted by molar-refractivity contribution is 0.355. The summed E-state index contributed by atoms with van der Waals surface area (Å²) >= 11 is 1.22. The van der Waals surface area contributed by atoms with Gasteiger partial charge in [0.15, 0.2) is 11.5 Å². The van der Waals surface area contributed by atoms with Crippen LogP contribution in [0.2, 0.25) is 0 Å². The number of benzene rings is 2. The fraction of sp³-hybridized carbons (Fsp3) is 0.182. The van der Waals surface area contributed by atoms with Crippen LogP contribution in [0.15, 0.2) is 63.3 Å². The molecule has 0 spiro atoms. The molecular weight excluding hydrogens is 450 g/mol. The lowest BCUT2D eigenvalue weighted by Gasteiger charge is -2.20. The number of ether oxygens (including phenoxy) is 2. The molecule has 2 heterocycles. The van der Waals surface area contributed by atoms with Crippen molar-refractivity contribution < 1.29 is 22.4 Å². The first-order valence-electron chi connectivity index (χ1n) is 9.54. The second kappa shape index (κ2) is 8.64. The first-order valence-corrected chi connectivity index (χ1v) is 11.9. The molecule has 0 saturated heterocycles. The van der Waals surface area contributed by atoms with Crippen molar-refractivity contribution in [1.29, 1.82) is 0 Å². The average Bonchev–Trinajstić information content (AvgIpc) is 3.48. The van der Waals surface area contributed by atoms with Crippen LogP contribution in [0, 0.1) is 6.92 Å². The van der Waals surface area contributed by atoms with E-state index < -0.39 is 10.0 Å². The third-order valence-electron chi connectivity index (χ3n) is 4.93. The second-order valence-electron chi connectivity index (χ2n) is 6.91. The Morgan fingerprint density at radius 2 is 1.72 bits per heavy atom. The minimum Gasteiger partial charge on any atom is -0.493 e. The summed E-state index contributed by atoms with van der Waals surface area (Å²) in [6.07, 6.45) is 0. The van der Waals surface area contributed by atoms with Gasteiger partial charge in [-0.05, 0) is 30.5 Å². The summed E-state index contributed by atoms with van der Waals surface area (Å²) in [7, 11) is 0.575. The van der Waals surface area contributed by atoms with Crippen molar-refractivity contribution in [2.24, 2.45) is 0 Å². The molecule has 0 fully saturated rings. The number of rotatable bonds is 7. The van der Waals surface area contributed by atoms with Crippen molar-refractivity contribution in [1.82, 2.24) is 10.1 Å². The molecule has 2 aromatic carbocycles. The summed E-state index contributed by atoms with van der Waals surface area (Å²) in [6.45, 7) is 1.99. The van der Waals surface area contributed by atoms with Crippen LogP contribution in [-0.2, 0) is 10.0 Å². The highest BCUT2D eigenvalue weighted by Crippen LogP contribution is 2.37. The number of aryl methyl sites for hydroxylation is 1. The lowest BCUT2D eigenvalue weighted by atomic mass is 10.1. The van der Waals surface area contributed by atoms with Crippen LogP contribution in [0.25, 0.3) is 22.2 Å². The molecule has 0 aliphatic carbocycles. The quantitative estimate of drug-likeness (QED) is 0.388. The highest BCUT2D eigenvalue weighted by atomic mass is 32.2. The molecule has 8 nitrogen and oxygen atoms in total. The zero-order chi connectivity index (χ0) is 22.9. The van der Waals surface area contributed by atoms with E-state index in [1.54, 1.807) is 23.6 Å². The van der Waals surface area contributed by atoms with Crippen molar-refractivity contribution in [3.8, 4) is 33.7 Å². The molecule has 0 atom stereocenters. The van der Waals surface area contributed by atoms with Gasteiger partial charge in [-0.3, -0.25) is 4.31 Å². The monoisotopic (exact) mass is 471 g/mol. The van der Waals surface area contributed by atoms with Crippen LogP contribution < -0.4 is 13.8 Å². The summed E-state index contributed by atoms with van der Waals surface area (Å²) in [5, 5.41) is 5.70. The summed E-state index contributed by atoms with van der Waals surface area (Å²) in [5.41, 5.74) is 2.32. The van der Waals surface area contributed by atoms with E-state index in [1.807, 2.05) is 31.2 Å². The summed E-state index contributed by atoms with van der Waals surface area (Å²) < 4.78 is 44.0. The van der Waals surface area contributed by atoms with E-state index in [-0.39, 0.29) is 10.8 Å². The summed E-state index contributed by atoms with van der Waals surface area (Å²) in [6, 6.07) is 14.1.